The third kappa shape index (κ3) is 6.60. The third-order valence-corrected chi connectivity index (χ3v) is 6.82. The molecule has 10 nitrogen and oxygen atoms in total. The summed E-state index contributed by atoms with van der Waals surface area (Å²) in [4.78, 5) is 34.5. The highest BCUT2D eigenvalue weighted by atomic mass is 16.5. The fourth-order valence-electron chi connectivity index (χ4n) is 4.44. The van der Waals surface area contributed by atoms with E-state index in [0.29, 0.717) is 51.3 Å². The Morgan fingerprint density at radius 3 is 1.32 bits per heavy atom. The largest absolute Gasteiger partial charge is 0.493 e. The van der Waals surface area contributed by atoms with Gasteiger partial charge in [0, 0.05) is 46.0 Å². The Labute approximate surface area is 254 Å². The van der Waals surface area contributed by atoms with Gasteiger partial charge in [0.1, 0.15) is 0 Å². The Bertz CT molecular complexity index is 1640. The van der Waals surface area contributed by atoms with E-state index in [4.69, 9.17) is 18.9 Å². The van der Waals surface area contributed by atoms with E-state index in [1.165, 1.54) is 14.2 Å². The second kappa shape index (κ2) is 13.4. The summed E-state index contributed by atoms with van der Waals surface area (Å²) in [5.41, 5.74) is 4.68. The van der Waals surface area contributed by atoms with Gasteiger partial charge in [-0.1, -0.05) is 12.1 Å². The number of amides is 2. The fourth-order valence-corrected chi connectivity index (χ4v) is 4.44. The standard InChI is InChI=1S/C34H30N4O6/c1-41-28-15-9-23(17-30(28)43-3)33(39)37-26-11-5-21(6-12-26)25-19-35-32(36-20-25)22-7-13-27(14-8-22)38-34(40)24-10-16-29(42-2)31(18-24)44-4/h5-20H,1-4H3,(H,37,39)(H,38,40). The van der Waals surface area contributed by atoms with E-state index in [0.717, 1.165) is 16.7 Å². The Morgan fingerprint density at radius 1 is 0.500 bits per heavy atom. The molecule has 0 atom stereocenters. The molecule has 222 valence electrons. The Hall–Kier alpha value is -5.90. The number of rotatable bonds is 10. The lowest BCUT2D eigenvalue weighted by atomic mass is 10.1. The zero-order chi connectivity index (χ0) is 31.1. The molecule has 5 rings (SSSR count). The van der Waals surface area contributed by atoms with E-state index in [-0.39, 0.29) is 11.8 Å². The summed E-state index contributed by atoms with van der Waals surface area (Å²) < 4.78 is 21.0. The predicted molar refractivity (Wildman–Crippen MR) is 168 cm³/mol. The maximum Gasteiger partial charge on any atom is 0.255 e. The van der Waals surface area contributed by atoms with Gasteiger partial charge in [-0.05, 0) is 78.4 Å². The smallest absolute Gasteiger partial charge is 0.255 e. The Kier molecular flexibility index (Phi) is 9.00. The molecule has 0 unspecified atom stereocenters. The van der Waals surface area contributed by atoms with Crippen LogP contribution in [0.2, 0.25) is 0 Å². The summed E-state index contributed by atoms with van der Waals surface area (Å²) in [5.74, 6) is 2.06. The molecule has 0 bridgehead atoms. The summed E-state index contributed by atoms with van der Waals surface area (Å²) in [6.07, 6.45) is 3.48. The average molecular weight is 591 g/mol. The summed E-state index contributed by atoms with van der Waals surface area (Å²) in [6.45, 7) is 0. The molecule has 10 heteroatoms. The molecule has 2 N–H and O–H groups in total. The van der Waals surface area contributed by atoms with Crippen molar-refractivity contribution in [3.63, 3.8) is 0 Å². The third-order valence-electron chi connectivity index (χ3n) is 6.82. The van der Waals surface area contributed by atoms with Gasteiger partial charge in [-0.2, -0.15) is 0 Å². The van der Waals surface area contributed by atoms with E-state index in [9.17, 15) is 9.59 Å². The molecule has 0 radical (unpaired) electrons. The van der Waals surface area contributed by atoms with E-state index in [1.807, 2.05) is 36.4 Å². The number of nitrogens with one attached hydrogen (secondary N) is 2. The Morgan fingerprint density at radius 2 is 0.909 bits per heavy atom. The van der Waals surface area contributed by atoms with Crippen molar-refractivity contribution in [2.75, 3.05) is 39.1 Å². The van der Waals surface area contributed by atoms with Gasteiger partial charge in [-0.15, -0.1) is 0 Å². The molecule has 4 aromatic carbocycles. The van der Waals surface area contributed by atoms with Crippen LogP contribution >= 0.6 is 0 Å². The number of anilines is 2. The van der Waals surface area contributed by atoms with Crippen LogP contribution < -0.4 is 29.6 Å². The summed E-state index contributed by atoms with van der Waals surface area (Å²) in [7, 11) is 6.13. The molecule has 0 fully saturated rings. The molecule has 0 saturated carbocycles. The fraction of sp³-hybridized carbons (Fsp3) is 0.118. The van der Waals surface area contributed by atoms with Crippen molar-refractivity contribution >= 4 is 23.2 Å². The van der Waals surface area contributed by atoms with E-state index in [2.05, 4.69) is 20.6 Å². The lowest BCUT2D eigenvalue weighted by Crippen LogP contribution is -2.12. The minimum absolute atomic E-state index is 0.266. The number of ether oxygens (including phenoxy) is 4. The van der Waals surface area contributed by atoms with Gasteiger partial charge in [-0.25, -0.2) is 9.97 Å². The molecule has 0 saturated heterocycles. The number of hydrogen-bond acceptors (Lipinski definition) is 8. The van der Waals surface area contributed by atoms with Crippen molar-refractivity contribution in [3.8, 4) is 45.5 Å². The van der Waals surface area contributed by atoms with Gasteiger partial charge in [0.2, 0.25) is 0 Å². The number of carbonyl (C=O) groups is 2. The minimum Gasteiger partial charge on any atom is -0.493 e. The molecule has 0 spiro atoms. The van der Waals surface area contributed by atoms with Gasteiger partial charge >= 0.3 is 0 Å². The van der Waals surface area contributed by atoms with Crippen molar-refractivity contribution in [2.24, 2.45) is 0 Å². The molecule has 1 aromatic heterocycles. The summed E-state index contributed by atoms with van der Waals surface area (Å²) in [5, 5.41) is 5.77. The lowest BCUT2D eigenvalue weighted by molar-refractivity contribution is 0.101. The SMILES string of the molecule is COc1ccc(C(=O)Nc2ccc(-c3cnc(-c4ccc(NC(=O)c5ccc(OC)c(OC)c5)cc4)nc3)cc2)cc1OC. The van der Waals surface area contributed by atoms with Crippen LogP contribution in [0.5, 0.6) is 23.0 Å². The number of benzene rings is 4. The van der Waals surface area contributed by atoms with Gasteiger partial charge in [-0.3, -0.25) is 9.59 Å². The number of nitrogens with zero attached hydrogens (tertiary/aromatic N) is 2. The monoisotopic (exact) mass is 590 g/mol. The van der Waals surface area contributed by atoms with Crippen LogP contribution in [-0.2, 0) is 0 Å². The first-order valence-electron chi connectivity index (χ1n) is 13.5. The van der Waals surface area contributed by atoms with Gasteiger partial charge in [0.05, 0.1) is 28.4 Å². The number of carbonyl (C=O) groups excluding carboxylic acids is 2. The van der Waals surface area contributed by atoms with E-state index in [1.54, 1.807) is 75.1 Å². The highest BCUT2D eigenvalue weighted by molar-refractivity contribution is 6.05. The van der Waals surface area contributed by atoms with Crippen LogP contribution in [0, 0.1) is 0 Å². The zero-order valence-electron chi connectivity index (χ0n) is 24.6. The minimum atomic E-state index is -0.272. The topological polar surface area (TPSA) is 121 Å². The van der Waals surface area contributed by atoms with Crippen molar-refractivity contribution in [1.29, 1.82) is 0 Å². The van der Waals surface area contributed by atoms with E-state index < -0.39 is 0 Å². The maximum absolute atomic E-state index is 12.7. The first-order chi connectivity index (χ1) is 21.4. The number of aromatic nitrogens is 2. The second-order valence-electron chi connectivity index (χ2n) is 9.50. The maximum atomic E-state index is 12.7. The van der Waals surface area contributed by atoms with Gasteiger partial charge in [0.25, 0.3) is 11.8 Å². The molecule has 0 aliphatic rings. The van der Waals surface area contributed by atoms with Crippen molar-refractivity contribution in [3.05, 3.63) is 108 Å². The molecule has 0 aliphatic heterocycles. The quantitative estimate of drug-likeness (QED) is 0.193. The summed E-state index contributed by atoms with van der Waals surface area (Å²) >= 11 is 0. The lowest BCUT2D eigenvalue weighted by Gasteiger charge is -2.11. The van der Waals surface area contributed by atoms with Gasteiger partial charge in [0.15, 0.2) is 28.8 Å². The van der Waals surface area contributed by atoms with Crippen LogP contribution in [0.25, 0.3) is 22.5 Å². The highest BCUT2D eigenvalue weighted by Crippen LogP contribution is 2.29. The molecular formula is C34H30N4O6. The number of hydrogen-bond donors (Lipinski definition) is 2. The number of methoxy groups -OCH3 is 4. The van der Waals surface area contributed by atoms with Crippen LogP contribution in [0.1, 0.15) is 20.7 Å². The normalized spacial score (nSPS) is 10.5. The predicted octanol–water partition coefficient (Wildman–Crippen LogP) is 6.35. The van der Waals surface area contributed by atoms with Crippen molar-refractivity contribution in [1.82, 2.24) is 9.97 Å². The molecule has 44 heavy (non-hydrogen) atoms. The second-order valence-corrected chi connectivity index (χ2v) is 9.50. The first kappa shape index (κ1) is 29.6. The van der Waals surface area contributed by atoms with Crippen LogP contribution in [0.15, 0.2) is 97.3 Å². The molecule has 1 heterocycles. The van der Waals surface area contributed by atoms with E-state index >= 15 is 0 Å². The first-order valence-corrected chi connectivity index (χ1v) is 13.5. The molecule has 0 aliphatic carbocycles. The average Bonchev–Trinajstić information content (AvgIpc) is 3.08. The van der Waals surface area contributed by atoms with Gasteiger partial charge < -0.3 is 29.6 Å². The van der Waals surface area contributed by atoms with Crippen LogP contribution in [-0.4, -0.2) is 50.2 Å². The summed E-state index contributed by atoms with van der Waals surface area (Å²) in [6, 6.07) is 24.7. The molecule has 2 amide bonds. The van der Waals surface area contributed by atoms with Crippen LogP contribution in [0.4, 0.5) is 11.4 Å². The highest BCUT2D eigenvalue weighted by Gasteiger charge is 2.13. The van der Waals surface area contributed by atoms with Crippen molar-refractivity contribution < 1.29 is 28.5 Å². The molecule has 5 aromatic rings. The van der Waals surface area contributed by atoms with Crippen molar-refractivity contribution in [2.45, 2.75) is 0 Å². The Balaban J connectivity index is 1.21. The van der Waals surface area contributed by atoms with Crippen LogP contribution in [0.3, 0.4) is 0 Å². The molecular weight excluding hydrogens is 560 g/mol. The zero-order valence-corrected chi connectivity index (χ0v) is 24.6.